The van der Waals surface area contributed by atoms with Crippen LogP contribution in [-0.2, 0) is 31.1 Å². The average molecular weight is 387 g/mol. The SMILES string of the molecule is CCc1cccc2c1NC(=O)[C@@]21N[C@@H]([C@H](C)O)[C@H]2C(=O)N(CCOC)C(=O)[C@H]21. The Morgan fingerprint density at radius 3 is 2.68 bits per heavy atom. The molecule has 0 bridgehead atoms. The largest absolute Gasteiger partial charge is 0.392 e. The van der Waals surface area contributed by atoms with Gasteiger partial charge in [0.05, 0.1) is 31.1 Å². The Bertz CT molecular complexity index is 854. The molecule has 3 aliphatic heterocycles. The number of carbonyl (C=O) groups is 3. The van der Waals surface area contributed by atoms with Crippen LogP contribution in [0.5, 0.6) is 0 Å². The van der Waals surface area contributed by atoms with E-state index in [0.717, 1.165) is 12.0 Å². The van der Waals surface area contributed by atoms with E-state index >= 15 is 0 Å². The van der Waals surface area contributed by atoms with E-state index in [-0.39, 0.29) is 25.0 Å². The van der Waals surface area contributed by atoms with E-state index in [1.165, 1.54) is 12.0 Å². The minimum atomic E-state index is -1.36. The van der Waals surface area contributed by atoms with Crippen molar-refractivity contribution >= 4 is 23.4 Å². The zero-order valence-electron chi connectivity index (χ0n) is 16.2. The third-order valence-electron chi connectivity index (χ3n) is 6.28. The molecule has 1 spiro atoms. The standard InChI is InChI=1S/C20H25N3O5/c1-4-11-6-5-7-12-16(11)21-19(27)20(12)14-13(15(22-20)10(2)24)17(25)23(18(14)26)8-9-28-3/h5-7,10,13-15,22,24H,4,8-9H2,1-3H3,(H,21,27)/t10-,13-,14-,15-,20+/m0/s1. The van der Waals surface area contributed by atoms with Crippen LogP contribution in [0.2, 0.25) is 0 Å². The number of fused-ring (bicyclic) bond motifs is 4. The molecule has 4 rings (SSSR count). The molecular weight excluding hydrogens is 362 g/mol. The molecule has 0 aliphatic carbocycles. The summed E-state index contributed by atoms with van der Waals surface area (Å²) in [4.78, 5) is 40.8. The number of imide groups is 1. The molecule has 28 heavy (non-hydrogen) atoms. The number of nitrogens with one attached hydrogen (secondary N) is 2. The van der Waals surface area contributed by atoms with Crippen LogP contribution in [0.4, 0.5) is 5.69 Å². The van der Waals surface area contributed by atoms with Crippen LogP contribution in [0, 0.1) is 11.8 Å². The van der Waals surface area contributed by atoms with Crippen molar-refractivity contribution in [1.82, 2.24) is 10.2 Å². The number of carbonyl (C=O) groups excluding carboxylic acids is 3. The lowest BCUT2D eigenvalue weighted by molar-refractivity contribution is -0.143. The summed E-state index contributed by atoms with van der Waals surface area (Å²) < 4.78 is 5.03. The molecule has 3 aliphatic rings. The van der Waals surface area contributed by atoms with Crippen molar-refractivity contribution in [3.63, 3.8) is 0 Å². The Morgan fingerprint density at radius 2 is 2.04 bits per heavy atom. The van der Waals surface area contributed by atoms with Gasteiger partial charge >= 0.3 is 0 Å². The van der Waals surface area contributed by atoms with Gasteiger partial charge in [0.25, 0.3) is 0 Å². The zero-order valence-corrected chi connectivity index (χ0v) is 16.2. The maximum Gasteiger partial charge on any atom is 0.250 e. The van der Waals surface area contributed by atoms with Crippen LogP contribution < -0.4 is 10.6 Å². The highest BCUT2D eigenvalue weighted by atomic mass is 16.5. The number of benzene rings is 1. The summed E-state index contributed by atoms with van der Waals surface area (Å²) in [6.45, 7) is 3.92. The third-order valence-corrected chi connectivity index (χ3v) is 6.28. The van der Waals surface area contributed by atoms with Crippen LogP contribution >= 0.6 is 0 Å². The van der Waals surface area contributed by atoms with E-state index in [4.69, 9.17) is 4.74 Å². The lowest BCUT2D eigenvalue weighted by atomic mass is 9.76. The topological polar surface area (TPSA) is 108 Å². The highest BCUT2D eigenvalue weighted by Crippen LogP contribution is 2.53. The van der Waals surface area contributed by atoms with E-state index in [1.54, 1.807) is 6.92 Å². The molecule has 0 radical (unpaired) electrons. The predicted octanol–water partition coefficient (Wildman–Crippen LogP) is -0.00340. The molecule has 3 heterocycles. The number of amides is 3. The number of anilines is 1. The first kappa shape index (κ1) is 19.0. The smallest absolute Gasteiger partial charge is 0.250 e. The maximum atomic E-state index is 13.3. The Hall–Kier alpha value is -2.29. The Labute approximate surface area is 163 Å². The quantitative estimate of drug-likeness (QED) is 0.614. The van der Waals surface area contributed by atoms with Crippen molar-refractivity contribution in [3.8, 4) is 0 Å². The number of aliphatic hydroxyl groups excluding tert-OH is 1. The molecule has 1 aromatic rings. The number of hydrogen-bond acceptors (Lipinski definition) is 6. The number of ether oxygens (including phenoxy) is 1. The van der Waals surface area contributed by atoms with Crippen molar-refractivity contribution in [2.24, 2.45) is 11.8 Å². The molecule has 2 saturated heterocycles. The van der Waals surface area contributed by atoms with E-state index in [9.17, 15) is 19.5 Å². The molecular formula is C20H25N3O5. The number of methoxy groups -OCH3 is 1. The first-order chi connectivity index (χ1) is 13.4. The van der Waals surface area contributed by atoms with Gasteiger partial charge in [0.1, 0.15) is 5.54 Å². The fraction of sp³-hybridized carbons (Fsp3) is 0.550. The molecule has 150 valence electrons. The maximum absolute atomic E-state index is 13.3. The molecule has 5 atom stereocenters. The van der Waals surface area contributed by atoms with Crippen LogP contribution in [0.15, 0.2) is 18.2 Å². The van der Waals surface area contributed by atoms with Crippen LogP contribution in [0.25, 0.3) is 0 Å². The van der Waals surface area contributed by atoms with Gasteiger partial charge in [-0.2, -0.15) is 0 Å². The summed E-state index contributed by atoms with van der Waals surface area (Å²) in [5.74, 6) is -2.81. The summed E-state index contributed by atoms with van der Waals surface area (Å²) in [5, 5.41) is 16.5. The second-order valence-electron chi connectivity index (χ2n) is 7.69. The van der Waals surface area contributed by atoms with E-state index in [0.29, 0.717) is 11.3 Å². The van der Waals surface area contributed by atoms with Gasteiger partial charge in [0.2, 0.25) is 17.7 Å². The molecule has 8 heteroatoms. The summed E-state index contributed by atoms with van der Waals surface area (Å²) >= 11 is 0. The van der Waals surface area contributed by atoms with Gasteiger partial charge in [-0.3, -0.25) is 24.6 Å². The fourth-order valence-electron chi connectivity index (χ4n) is 4.99. The van der Waals surface area contributed by atoms with Crippen LogP contribution in [0.1, 0.15) is 25.0 Å². The van der Waals surface area contributed by atoms with Gasteiger partial charge in [-0.15, -0.1) is 0 Å². The van der Waals surface area contributed by atoms with Crippen molar-refractivity contribution in [2.75, 3.05) is 25.6 Å². The van der Waals surface area contributed by atoms with Crippen molar-refractivity contribution in [3.05, 3.63) is 29.3 Å². The third kappa shape index (κ3) is 2.31. The highest BCUT2D eigenvalue weighted by Gasteiger charge is 2.71. The van der Waals surface area contributed by atoms with Gasteiger partial charge in [-0.25, -0.2) is 0 Å². The Morgan fingerprint density at radius 1 is 1.29 bits per heavy atom. The molecule has 0 aromatic heterocycles. The van der Waals surface area contributed by atoms with Crippen LogP contribution in [0.3, 0.4) is 0 Å². The first-order valence-electron chi connectivity index (χ1n) is 9.62. The molecule has 0 unspecified atom stereocenters. The predicted molar refractivity (Wildman–Crippen MR) is 100 cm³/mol. The average Bonchev–Trinajstić information content (AvgIpc) is 3.26. The summed E-state index contributed by atoms with van der Waals surface area (Å²) in [6, 6.07) is 4.91. The number of aryl methyl sites for hydroxylation is 1. The lowest BCUT2D eigenvalue weighted by Crippen LogP contribution is -2.55. The summed E-state index contributed by atoms with van der Waals surface area (Å²) in [7, 11) is 1.50. The second-order valence-corrected chi connectivity index (χ2v) is 7.69. The number of para-hydroxylation sites is 1. The Balaban J connectivity index is 1.87. The molecule has 8 nitrogen and oxygen atoms in total. The molecule has 3 amide bonds. The van der Waals surface area contributed by atoms with Crippen LogP contribution in [-0.4, -0.2) is 60.1 Å². The highest BCUT2D eigenvalue weighted by molar-refractivity contribution is 6.15. The molecule has 3 N–H and O–H groups in total. The fourth-order valence-corrected chi connectivity index (χ4v) is 4.99. The zero-order chi connectivity index (χ0) is 20.2. The first-order valence-corrected chi connectivity index (χ1v) is 9.62. The lowest BCUT2D eigenvalue weighted by Gasteiger charge is -2.30. The van der Waals surface area contributed by atoms with Gasteiger partial charge in [-0.05, 0) is 18.9 Å². The van der Waals surface area contributed by atoms with Gasteiger partial charge < -0.3 is 15.2 Å². The Kier molecular flexibility index (Phi) is 4.52. The van der Waals surface area contributed by atoms with Crippen molar-refractivity contribution in [2.45, 2.75) is 38.0 Å². The minimum absolute atomic E-state index is 0.132. The van der Waals surface area contributed by atoms with Crippen molar-refractivity contribution < 1.29 is 24.2 Å². The number of nitrogens with zero attached hydrogens (tertiary/aromatic N) is 1. The second kappa shape index (κ2) is 6.65. The number of rotatable bonds is 5. The summed E-state index contributed by atoms with van der Waals surface area (Å²) in [5.41, 5.74) is 0.976. The van der Waals surface area contributed by atoms with Gasteiger partial charge in [0.15, 0.2) is 0 Å². The summed E-state index contributed by atoms with van der Waals surface area (Å²) in [6.07, 6.45) is -0.183. The molecule has 0 saturated carbocycles. The number of likely N-dealkylation sites (tertiary alicyclic amines) is 1. The number of aliphatic hydroxyl groups is 1. The van der Waals surface area contributed by atoms with Gasteiger partial charge in [0, 0.05) is 24.4 Å². The van der Waals surface area contributed by atoms with E-state index in [1.807, 2.05) is 25.1 Å². The van der Waals surface area contributed by atoms with Crippen molar-refractivity contribution in [1.29, 1.82) is 0 Å². The van der Waals surface area contributed by atoms with Gasteiger partial charge in [-0.1, -0.05) is 25.1 Å². The minimum Gasteiger partial charge on any atom is -0.392 e. The molecule has 1 aromatic carbocycles. The van der Waals surface area contributed by atoms with E-state index < -0.39 is 35.4 Å². The normalized spacial score (nSPS) is 32.1. The monoisotopic (exact) mass is 387 g/mol. The number of hydrogen-bond donors (Lipinski definition) is 3. The van der Waals surface area contributed by atoms with E-state index in [2.05, 4.69) is 10.6 Å². The molecule has 2 fully saturated rings.